The number of carbonyl (C=O) groups excluding carboxylic acids is 1. The van der Waals surface area contributed by atoms with Crippen molar-refractivity contribution in [2.75, 3.05) is 16.2 Å². The van der Waals surface area contributed by atoms with Crippen molar-refractivity contribution in [3.63, 3.8) is 0 Å². The maximum absolute atomic E-state index is 13.3. The van der Waals surface area contributed by atoms with Gasteiger partial charge in [-0.25, -0.2) is 8.42 Å². The Hall–Kier alpha value is -3.32. The third-order valence-electron chi connectivity index (χ3n) is 4.87. The smallest absolute Gasteiger partial charge is 0.264 e. The molecule has 1 atom stereocenters. The summed E-state index contributed by atoms with van der Waals surface area (Å²) in [4.78, 5) is 12.6. The largest absolute Gasteiger partial charge is 0.487 e. The van der Waals surface area contributed by atoms with E-state index in [4.69, 9.17) is 4.74 Å². The molecule has 1 aliphatic heterocycles. The van der Waals surface area contributed by atoms with Gasteiger partial charge < -0.3 is 10.1 Å². The second kappa shape index (κ2) is 7.84. The van der Waals surface area contributed by atoms with E-state index in [0.29, 0.717) is 22.7 Å². The lowest BCUT2D eigenvalue weighted by atomic mass is 10.1. The highest BCUT2D eigenvalue weighted by molar-refractivity contribution is 7.92. The van der Waals surface area contributed by atoms with E-state index in [2.05, 4.69) is 5.32 Å². The third-order valence-corrected chi connectivity index (χ3v) is 6.66. The molecule has 7 heteroatoms. The van der Waals surface area contributed by atoms with Crippen LogP contribution in [0.3, 0.4) is 0 Å². The highest BCUT2D eigenvalue weighted by Gasteiger charge is 2.32. The van der Waals surface area contributed by atoms with Crippen LogP contribution >= 0.6 is 0 Å². The number of ether oxygens (including phenoxy) is 1. The first-order valence-electron chi connectivity index (χ1n) is 9.61. The fourth-order valence-corrected chi connectivity index (χ4v) is 4.95. The number of anilines is 2. The molecule has 1 aliphatic rings. The first-order chi connectivity index (χ1) is 14.3. The van der Waals surface area contributed by atoms with Crippen LogP contribution in [0.5, 0.6) is 5.75 Å². The Morgan fingerprint density at radius 1 is 1.03 bits per heavy atom. The molecule has 3 aromatic carbocycles. The molecular weight excluding hydrogens is 400 g/mol. The Kier molecular flexibility index (Phi) is 5.22. The number of hydrogen-bond acceptors (Lipinski definition) is 4. The van der Waals surface area contributed by atoms with Crippen LogP contribution in [0.2, 0.25) is 0 Å². The van der Waals surface area contributed by atoms with E-state index in [0.717, 1.165) is 5.56 Å². The number of sulfonamides is 1. The SMILES string of the molecule is Cc1cccc(C(=O)Nc2ccc(S(=O)(=O)N3C[C@H](C)Oc4ccccc43)cc2)c1. The summed E-state index contributed by atoms with van der Waals surface area (Å²) in [5.41, 5.74) is 2.58. The average Bonchev–Trinajstić information content (AvgIpc) is 2.73. The monoisotopic (exact) mass is 422 g/mol. The predicted octanol–water partition coefficient (Wildman–Crippen LogP) is 4.22. The summed E-state index contributed by atoms with van der Waals surface area (Å²) in [6.45, 7) is 3.98. The van der Waals surface area contributed by atoms with Crippen molar-refractivity contribution in [2.45, 2.75) is 24.8 Å². The molecule has 0 bridgehead atoms. The van der Waals surface area contributed by atoms with Crippen molar-refractivity contribution in [1.29, 1.82) is 0 Å². The molecule has 1 N–H and O–H groups in total. The molecular formula is C23H22N2O4S. The van der Waals surface area contributed by atoms with Crippen LogP contribution in [0.1, 0.15) is 22.8 Å². The van der Waals surface area contributed by atoms with Gasteiger partial charge in [0.05, 0.1) is 17.1 Å². The molecule has 0 aliphatic carbocycles. The molecule has 3 aromatic rings. The molecule has 1 heterocycles. The second-order valence-corrected chi connectivity index (χ2v) is 9.14. The minimum Gasteiger partial charge on any atom is -0.487 e. The van der Waals surface area contributed by atoms with E-state index in [1.54, 1.807) is 42.5 Å². The van der Waals surface area contributed by atoms with Gasteiger partial charge in [-0.3, -0.25) is 9.10 Å². The van der Waals surface area contributed by atoms with Crippen LogP contribution in [-0.4, -0.2) is 27.0 Å². The molecule has 154 valence electrons. The Morgan fingerprint density at radius 2 is 1.77 bits per heavy atom. The minimum absolute atomic E-state index is 0.153. The molecule has 0 fully saturated rings. The molecule has 0 radical (unpaired) electrons. The number of aryl methyl sites for hydroxylation is 1. The third kappa shape index (κ3) is 3.89. The van der Waals surface area contributed by atoms with Gasteiger partial charge in [0.2, 0.25) is 0 Å². The zero-order chi connectivity index (χ0) is 21.3. The van der Waals surface area contributed by atoms with Crippen molar-refractivity contribution < 1.29 is 17.9 Å². The average molecular weight is 423 g/mol. The Balaban J connectivity index is 1.57. The molecule has 6 nitrogen and oxygen atoms in total. The van der Waals surface area contributed by atoms with Crippen LogP contribution < -0.4 is 14.4 Å². The number of amides is 1. The summed E-state index contributed by atoms with van der Waals surface area (Å²) in [5.74, 6) is 0.298. The molecule has 1 amide bonds. The van der Waals surface area contributed by atoms with Crippen molar-refractivity contribution in [1.82, 2.24) is 0 Å². The lowest BCUT2D eigenvalue weighted by Crippen LogP contribution is -2.42. The maximum Gasteiger partial charge on any atom is 0.264 e. The van der Waals surface area contributed by atoms with E-state index < -0.39 is 10.0 Å². The molecule has 0 unspecified atom stereocenters. The quantitative estimate of drug-likeness (QED) is 0.683. The van der Waals surface area contributed by atoms with Crippen molar-refractivity contribution in [2.24, 2.45) is 0 Å². The van der Waals surface area contributed by atoms with Crippen molar-refractivity contribution >= 4 is 27.3 Å². The second-order valence-electron chi connectivity index (χ2n) is 7.28. The molecule has 0 saturated heterocycles. The predicted molar refractivity (Wildman–Crippen MR) is 117 cm³/mol. The van der Waals surface area contributed by atoms with Gasteiger partial charge in [0.1, 0.15) is 11.9 Å². The Labute approximate surface area is 176 Å². The summed E-state index contributed by atoms with van der Waals surface area (Å²) in [6.07, 6.45) is -0.262. The summed E-state index contributed by atoms with van der Waals surface area (Å²) in [5, 5.41) is 2.80. The van der Waals surface area contributed by atoms with Crippen LogP contribution in [0.15, 0.2) is 77.7 Å². The van der Waals surface area contributed by atoms with E-state index in [-0.39, 0.29) is 23.5 Å². The van der Waals surface area contributed by atoms with Crippen molar-refractivity contribution in [3.8, 4) is 5.75 Å². The van der Waals surface area contributed by atoms with Gasteiger partial charge in [-0.15, -0.1) is 0 Å². The van der Waals surface area contributed by atoms with Gasteiger partial charge in [-0.2, -0.15) is 0 Å². The molecule has 0 aromatic heterocycles. The molecule has 0 saturated carbocycles. The van der Waals surface area contributed by atoms with Gasteiger partial charge >= 0.3 is 0 Å². The van der Waals surface area contributed by atoms with E-state index >= 15 is 0 Å². The number of fused-ring (bicyclic) bond motifs is 1. The van der Waals surface area contributed by atoms with Gasteiger partial charge in [0.15, 0.2) is 0 Å². The van der Waals surface area contributed by atoms with Crippen LogP contribution in [-0.2, 0) is 10.0 Å². The van der Waals surface area contributed by atoms with Crippen LogP contribution in [0, 0.1) is 6.92 Å². The summed E-state index contributed by atoms with van der Waals surface area (Å²) in [6, 6.07) is 20.6. The lowest BCUT2D eigenvalue weighted by molar-refractivity contribution is 0.102. The lowest BCUT2D eigenvalue weighted by Gasteiger charge is -2.34. The zero-order valence-corrected chi connectivity index (χ0v) is 17.5. The highest BCUT2D eigenvalue weighted by atomic mass is 32.2. The fraction of sp³-hybridized carbons (Fsp3) is 0.174. The Morgan fingerprint density at radius 3 is 2.50 bits per heavy atom. The number of carbonyl (C=O) groups is 1. The van der Waals surface area contributed by atoms with Crippen molar-refractivity contribution in [3.05, 3.63) is 83.9 Å². The summed E-state index contributed by atoms with van der Waals surface area (Å²) in [7, 11) is -3.77. The number of hydrogen-bond donors (Lipinski definition) is 1. The van der Waals surface area contributed by atoms with Gasteiger partial charge in [-0.1, -0.05) is 29.8 Å². The number of nitrogens with one attached hydrogen (secondary N) is 1. The number of nitrogens with zero attached hydrogens (tertiary/aromatic N) is 1. The number of benzene rings is 3. The zero-order valence-electron chi connectivity index (χ0n) is 16.7. The van der Waals surface area contributed by atoms with Gasteiger partial charge in [0, 0.05) is 11.3 Å². The normalized spacial score (nSPS) is 15.8. The standard InChI is InChI=1S/C23H22N2O4S/c1-16-6-5-7-18(14-16)23(26)24-19-10-12-20(13-11-19)30(27,28)25-15-17(2)29-22-9-4-3-8-21(22)25/h3-14,17H,15H2,1-2H3,(H,24,26)/t17-/m0/s1. The minimum atomic E-state index is -3.77. The van der Waals surface area contributed by atoms with Crippen LogP contribution in [0.4, 0.5) is 11.4 Å². The maximum atomic E-state index is 13.3. The topological polar surface area (TPSA) is 75.7 Å². The van der Waals surface area contributed by atoms with E-state index in [1.807, 2.05) is 32.0 Å². The van der Waals surface area contributed by atoms with Gasteiger partial charge in [-0.05, 0) is 62.4 Å². The summed E-state index contributed by atoms with van der Waals surface area (Å²) >= 11 is 0. The van der Waals surface area contributed by atoms with E-state index in [1.165, 1.54) is 16.4 Å². The number of para-hydroxylation sites is 2. The first-order valence-corrected chi connectivity index (χ1v) is 11.0. The fourth-order valence-electron chi connectivity index (χ4n) is 3.40. The molecule has 30 heavy (non-hydrogen) atoms. The van der Waals surface area contributed by atoms with Gasteiger partial charge in [0.25, 0.3) is 15.9 Å². The molecule has 0 spiro atoms. The number of rotatable bonds is 4. The van der Waals surface area contributed by atoms with E-state index in [9.17, 15) is 13.2 Å². The Bertz CT molecular complexity index is 1190. The van der Waals surface area contributed by atoms with Crippen LogP contribution in [0.25, 0.3) is 0 Å². The first kappa shape index (κ1) is 20.0. The molecule has 4 rings (SSSR count). The highest BCUT2D eigenvalue weighted by Crippen LogP contribution is 2.36. The summed E-state index contributed by atoms with van der Waals surface area (Å²) < 4.78 is 33.7.